The highest BCUT2D eigenvalue weighted by molar-refractivity contribution is 6.30. The van der Waals surface area contributed by atoms with E-state index < -0.39 is 5.97 Å². The Kier molecular flexibility index (Phi) is 9.19. The van der Waals surface area contributed by atoms with Gasteiger partial charge in [0, 0.05) is 36.3 Å². The maximum absolute atomic E-state index is 12.5. The lowest BCUT2D eigenvalue weighted by atomic mass is 9.94. The van der Waals surface area contributed by atoms with Crippen LogP contribution in [0.5, 0.6) is 0 Å². The second-order valence-corrected chi connectivity index (χ2v) is 9.95. The van der Waals surface area contributed by atoms with E-state index >= 15 is 0 Å². The lowest BCUT2D eigenvalue weighted by Gasteiger charge is -2.30. The summed E-state index contributed by atoms with van der Waals surface area (Å²) < 4.78 is 4.60. The highest BCUT2D eigenvalue weighted by Gasteiger charge is 2.43. The minimum atomic E-state index is -0.479. The molecule has 0 radical (unpaired) electrons. The first kappa shape index (κ1) is 26.3. The first-order chi connectivity index (χ1) is 16.2. The smallest absolute Gasteiger partial charge is 0.325 e. The average molecular weight is 493 g/mol. The van der Waals surface area contributed by atoms with Gasteiger partial charge in [-0.25, -0.2) is 4.79 Å². The van der Waals surface area contributed by atoms with Crippen molar-refractivity contribution in [1.82, 2.24) is 14.7 Å². The van der Waals surface area contributed by atoms with Crippen molar-refractivity contribution in [3.63, 3.8) is 0 Å². The van der Waals surface area contributed by atoms with E-state index in [4.69, 9.17) is 11.6 Å². The molecular weight excluding hydrogens is 456 g/mol. The lowest BCUT2D eigenvalue weighted by Crippen LogP contribution is -2.45. The Balaban J connectivity index is 0.000000266. The standard InChI is InChI=1S/C16H20ClN3O4.C9H17N/c1-11-9-19(10-15(22)24-2)14(21)6-7-20(11)16(23)18-13-5-3-4-12(17)8-13;1-2-10-7-5-9(3-4-9)6-8-10/h3-5,8,11H,6-7,9-10H2,1-2H3,(H,18,23);2-8H2,1H3/t11-;/m1./s1. The number of benzene rings is 1. The molecular formula is C25H37ClN4O4. The van der Waals surface area contributed by atoms with Crippen molar-refractivity contribution in [2.75, 3.05) is 51.7 Å². The SMILES string of the molecule is CCN1CCC2(CC1)CC2.COC(=O)CN1C[C@@H](C)N(C(=O)Nc2cccc(Cl)c2)CCC1=O. The van der Waals surface area contributed by atoms with E-state index in [-0.39, 0.29) is 44.0 Å². The van der Waals surface area contributed by atoms with Crippen LogP contribution in [0.2, 0.25) is 5.02 Å². The minimum absolute atomic E-state index is 0.108. The van der Waals surface area contributed by atoms with Crippen LogP contribution < -0.4 is 5.32 Å². The molecule has 1 saturated carbocycles. The number of hydrogen-bond acceptors (Lipinski definition) is 5. The van der Waals surface area contributed by atoms with Crippen LogP contribution in [0, 0.1) is 5.41 Å². The summed E-state index contributed by atoms with van der Waals surface area (Å²) in [6, 6.07) is 6.30. The van der Waals surface area contributed by atoms with Crippen LogP contribution >= 0.6 is 11.6 Å². The highest BCUT2D eigenvalue weighted by Crippen LogP contribution is 2.53. The molecule has 34 heavy (non-hydrogen) atoms. The van der Waals surface area contributed by atoms with Gasteiger partial charge in [-0.3, -0.25) is 9.59 Å². The predicted octanol–water partition coefficient (Wildman–Crippen LogP) is 3.85. The number of nitrogens with one attached hydrogen (secondary N) is 1. The maximum Gasteiger partial charge on any atom is 0.325 e. The molecule has 0 aromatic heterocycles. The summed E-state index contributed by atoms with van der Waals surface area (Å²) in [5, 5.41) is 3.30. The minimum Gasteiger partial charge on any atom is -0.468 e. The molecule has 1 aliphatic carbocycles. The van der Waals surface area contributed by atoms with Crippen molar-refractivity contribution in [1.29, 1.82) is 0 Å². The number of likely N-dealkylation sites (tertiary alicyclic amines) is 1. The van der Waals surface area contributed by atoms with Gasteiger partial charge in [0.15, 0.2) is 0 Å². The highest BCUT2D eigenvalue weighted by atomic mass is 35.5. The average Bonchev–Trinajstić information content (AvgIpc) is 3.59. The van der Waals surface area contributed by atoms with Gasteiger partial charge in [0.2, 0.25) is 5.91 Å². The molecule has 0 unspecified atom stereocenters. The summed E-state index contributed by atoms with van der Waals surface area (Å²) in [7, 11) is 1.28. The monoisotopic (exact) mass is 492 g/mol. The first-order valence-corrected chi connectivity index (χ1v) is 12.5. The Morgan fingerprint density at radius 3 is 2.47 bits per heavy atom. The van der Waals surface area contributed by atoms with Crippen molar-refractivity contribution < 1.29 is 19.1 Å². The van der Waals surface area contributed by atoms with Crippen molar-refractivity contribution in [2.24, 2.45) is 5.41 Å². The van der Waals surface area contributed by atoms with E-state index in [1.54, 1.807) is 29.2 Å². The van der Waals surface area contributed by atoms with Crippen LogP contribution in [0.25, 0.3) is 0 Å². The fraction of sp³-hybridized carbons (Fsp3) is 0.640. The van der Waals surface area contributed by atoms with Crippen LogP contribution in [0.1, 0.15) is 46.0 Å². The summed E-state index contributed by atoms with van der Waals surface area (Å²) in [6.45, 7) is 8.55. The molecule has 4 rings (SSSR count). The van der Waals surface area contributed by atoms with Crippen molar-refractivity contribution in [3.8, 4) is 0 Å². The van der Waals surface area contributed by atoms with Crippen LogP contribution in [0.3, 0.4) is 0 Å². The van der Waals surface area contributed by atoms with E-state index in [0.29, 0.717) is 10.7 Å². The number of rotatable bonds is 4. The van der Waals surface area contributed by atoms with Gasteiger partial charge in [-0.15, -0.1) is 0 Å². The molecule has 2 aliphatic heterocycles. The molecule has 2 saturated heterocycles. The molecule has 1 aromatic carbocycles. The lowest BCUT2D eigenvalue weighted by molar-refractivity contribution is -0.146. The Bertz CT molecular complexity index is 866. The van der Waals surface area contributed by atoms with Crippen LogP contribution in [0.4, 0.5) is 10.5 Å². The Hall–Kier alpha value is -2.32. The first-order valence-electron chi connectivity index (χ1n) is 12.2. The molecule has 1 N–H and O–H groups in total. The van der Waals surface area contributed by atoms with Gasteiger partial charge >= 0.3 is 12.0 Å². The van der Waals surface area contributed by atoms with E-state index in [1.165, 1.54) is 57.3 Å². The number of hydrogen-bond donors (Lipinski definition) is 1. The van der Waals surface area contributed by atoms with Gasteiger partial charge < -0.3 is 24.8 Å². The zero-order valence-electron chi connectivity index (χ0n) is 20.5. The summed E-state index contributed by atoms with van der Waals surface area (Å²) in [4.78, 5) is 41.6. The van der Waals surface area contributed by atoms with Gasteiger partial charge in [0.05, 0.1) is 7.11 Å². The van der Waals surface area contributed by atoms with E-state index in [9.17, 15) is 14.4 Å². The van der Waals surface area contributed by atoms with Crippen LogP contribution in [0.15, 0.2) is 24.3 Å². The number of esters is 1. The summed E-state index contributed by atoms with van der Waals surface area (Å²) in [6.07, 6.45) is 6.20. The van der Waals surface area contributed by atoms with Crippen molar-refractivity contribution in [2.45, 2.75) is 52.0 Å². The Labute approximate surface area is 207 Å². The third-order valence-corrected chi connectivity index (χ3v) is 7.38. The number of amides is 3. The van der Waals surface area contributed by atoms with Gasteiger partial charge in [-0.2, -0.15) is 0 Å². The third-order valence-electron chi connectivity index (χ3n) is 7.14. The normalized spacial score (nSPS) is 21.9. The fourth-order valence-corrected chi connectivity index (χ4v) is 4.76. The second kappa shape index (κ2) is 11.9. The summed E-state index contributed by atoms with van der Waals surface area (Å²) in [5.74, 6) is -0.655. The molecule has 3 amide bonds. The van der Waals surface area contributed by atoms with Crippen LogP contribution in [-0.4, -0.2) is 85.0 Å². The number of methoxy groups -OCH3 is 1. The van der Waals surface area contributed by atoms with E-state index in [2.05, 4.69) is 21.9 Å². The van der Waals surface area contributed by atoms with Crippen LogP contribution in [-0.2, 0) is 14.3 Å². The van der Waals surface area contributed by atoms with Gasteiger partial charge in [-0.05, 0) is 75.9 Å². The molecule has 0 bridgehead atoms. The van der Waals surface area contributed by atoms with Gasteiger partial charge in [0.25, 0.3) is 0 Å². The van der Waals surface area contributed by atoms with Crippen molar-refractivity contribution in [3.05, 3.63) is 29.3 Å². The topological polar surface area (TPSA) is 82.2 Å². The molecule has 1 spiro atoms. The quantitative estimate of drug-likeness (QED) is 0.645. The number of piperidine rings is 1. The molecule has 188 valence electrons. The molecule has 1 atom stereocenters. The number of ether oxygens (including phenoxy) is 1. The molecule has 1 aromatic rings. The fourth-order valence-electron chi connectivity index (χ4n) is 4.57. The number of urea groups is 1. The zero-order chi connectivity index (χ0) is 24.7. The third kappa shape index (κ3) is 7.34. The molecule has 9 heteroatoms. The number of nitrogens with zero attached hydrogens (tertiary/aromatic N) is 3. The summed E-state index contributed by atoms with van der Waals surface area (Å²) in [5.41, 5.74) is 1.45. The Morgan fingerprint density at radius 1 is 1.18 bits per heavy atom. The van der Waals surface area contributed by atoms with Gasteiger partial charge in [-0.1, -0.05) is 24.6 Å². The maximum atomic E-state index is 12.5. The second-order valence-electron chi connectivity index (χ2n) is 9.52. The van der Waals surface area contributed by atoms with Crippen molar-refractivity contribution >= 4 is 35.2 Å². The van der Waals surface area contributed by atoms with E-state index in [0.717, 1.165) is 5.41 Å². The molecule has 3 aliphatic rings. The number of carbonyl (C=O) groups is 3. The predicted molar refractivity (Wildman–Crippen MR) is 133 cm³/mol. The molecule has 2 heterocycles. The van der Waals surface area contributed by atoms with Gasteiger partial charge in [0.1, 0.15) is 6.54 Å². The number of anilines is 1. The number of halogens is 1. The van der Waals surface area contributed by atoms with E-state index in [1.807, 2.05) is 6.92 Å². The summed E-state index contributed by atoms with van der Waals surface area (Å²) >= 11 is 5.91. The largest absolute Gasteiger partial charge is 0.468 e. The number of carbonyl (C=O) groups excluding carboxylic acids is 3. The zero-order valence-corrected chi connectivity index (χ0v) is 21.3. The molecule has 8 nitrogen and oxygen atoms in total. The Morgan fingerprint density at radius 2 is 1.88 bits per heavy atom. The molecule has 3 fully saturated rings.